The van der Waals surface area contributed by atoms with Crippen molar-refractivity contribution in [1.82, 2.24) is 0 Å². The molecule has 96 valence electrons. The van der Waals surface area contributed by atoms with Gasteiger partial charge in [0.25, 0.3) is 10.1 Å². The van der Waals surface area contributed by atoms with Crippen LogP contribution in [0.15, 0.2) is 18.2 Å². The molecule has 0 radical (unpaired) electrons. The van der Waals surface area contributed by atoms with Crippen LogP contribution in [0.5, 0.6) is 11.5 Å². The summed E-state index contributed by atoms with van der Waals surface area (Å²) in [7, 11) is -3.29. The summed E-state index contributed by atoms with van der Waals surface area (Å²) in [5.74, 6) is -0.295. The topological polar surface area (TPSA) is 107 Å². The molecule has 0 bridgehead atoms. The minimum atomic E-state index is -4.59. The van der Waals surface area contributed by atoms with E-state index in [0.717, 1.165) is 6.92 Å². The van der Waals surface area contributed by atoms with Crippen molar-refractivity contribution in [2.45, 2.75) is 18.3 Å². The van der Waals surface area contributed by atoms with Crippen LogP contribution in [-0.4, -0.2) is 30.1 Å². The normalized spacial score (nSPS) is 14.4. The molecule has 0 aliphatic carbocycles. The van der Waals surface area contributed by atoms with Crippen LogP contribution in [-0.2, 0) is 16.5 Å². The second-order valence-corrected chi connectivity index (χ2v) is 5.64. The van der Waals surface area contributed by atoms with Gasteiger partial charge in [-0.05, 0) is 18.6 Å². The zero-order valence-electron chi connectivity index (χ0n) is 10.4. The zero-order valence-corrected chi connectivity index (χ0v) is 14.3. The molecule has 1 rings (SSSR count). The van der Waals surface area contributed by atoms with Crippen LogP contribution in [0.4, 0.5) is 0 Å². The first-order valence-corrected chi connectivity index (χ1v) is 6.15. The number of aliphatic hydroxyl groups is 1. The Morgan fingerprint density at radius 1 is 1.44 bits per heavy atom. The van der Waals surface area contributed by atoms with E-state index in [4.69, 9.17) is 9.29 Å². The number of ether oxygens (including phenoxy) is 1. The third-order valence-electron chi connectivity index (χ3n) is 2.32. The van der Waals surface area contributed by atoms with E-state index >= 15 is 0 Å². The molecule has 1 aromatic rings. The van der Waals surface area contributed by atoms with Gasteiger partial charge in [0.15, 0.2) is 4.93 Å². The van der Waals surface area contributed by atoms with Gasteiger partial charge in [0, 0.05) is 6.42 Å². The minimum Gasteiger partial charge on any atom is -0.870 e. The smallest absolute Gasteiger partial charge is 0.870 e. The summed E-state index contributed by atoms with van der Waals surface area (Å²) in [6, 6.07) is 3.89. The van der Waals surface area contributed by atoms with Gasteiger partial charge in [-0.3, -0.25) is 4.55 Å². The standard InChI is InChI=1S/C10H14O6S.K/c1-10(12,17(13,14)15)6-7-3-4-8(11)9(5-7)16-2;/h3-5,11-12H,6H2,1-2H3,(H,13,14,15);/q;+1/p-1. The van der Waals surface area contributed by atoms with E-state index in [-0.39, 0.29) is 69.3 Å². The summed E-state index contributed by atoms with van der Waals surface area (Å²) < 4.78 is 35.4. The fourth-order valence-corrected chi connectivity index (χ4v) is 1.64. The molecule has 0 amide bonds. The SMILES string of the molecule is COc1cc(CC(C)(O)S(=O)(=O)O)ccc1[O-].[K+]. The van der Waals surface area contributed by atoms with Crippen molar-refractivity contribution in [3.8, 4) is 11.5 Å². The van der Waals surface area contributed by atoms with Crippen molar-refractivity contribution >= 4 is 10.1 Å². The number of rotatable bonds is 4. The molecule has 2 N–H and O–H groups in total. The summed E-state index contributed by atoms with van der Waals surface area (Å²) in [6.45, 7) is 0.972. The van der Waals surface area contributed by atoms with Crippen molar-refractivity contribution in [2.75, 3.05) is 7.11 Å². The van der Waals surface area contributed by atoms with Crippen LogP contribution in [0.3, 0.4) is 0 Å². The third-order valence-corrected chi connectivity index (χ3v) is 3.57. The van der Waals surface area contributed by atoms with Gasteiger partial charge in [0.05, 0.1) is 7.11 Å². The fourth-order valence-electron chi connectivity index (χ4n) is 1.29. The number of hydrogen-bond acceptors (Lipinski definition) is 5. The summed E-state index contributed by atoms with van der Waals surface area (Å²) in [4.78, 5) is -2.30. The van der Waals surface area contributed by atoms with Gasteiger partial charge in [0.2, 0.25) is 0 Å². The predicted molar refractivity (Wildman–Crippen MR) is 58.3 cm³/mol. The maximum absolute atomic E-state index is 11.2. The molecule has 0 saturated heterocycles. The van der Waals surface area contributed by atoms with Crippen molar-refractivity contribution < 1.29 is 79.3 Å². The molecule has 0 saturated carbocycles. The van der Waals surface area contributed by atoms with Gasteiger partial charge < -0.3 is 14.9 Å². The van der Waals surface area contributed by atoms with Crippen LogP contribution in [0.1, 0.15) is 12.5 Å². The van der Waals surface area contributed by atoms with Crippen LogP contribution >= 0.6 is 0 Å². The van der Waals surface area contributed by atoms with Gasteiger partial charge >= 0.3 is 51.4 Å². The van der Waals surface area contributed by atoms with Crippen LogP contribution < -0.4 is 61.2 Å². The Labute approximate surface area is 148 Å². The molecule has 0 aliphatic rings. The van der Waals surface area contributed by atoms with E-state index in [2.05, 4.69) is 0 Å². The van der Waals surface area contributed by atoms with E-state index in [1.54, 1.807) is 0 Å². The molecule has 6 nitrogen and oxygen atoms in total. The summed E-state index contributed by atoms with van der Waals surface area (Å²) >= 11 is 0. The van der Waals surface area contributed by atoms with Gasteiger partial charge in [-0.1, -0.05) is 17.9 Å². The molecule has 0 spiro atoms. The first kappa shape index (κ1) is 18.3. The average Bonchev–Trinajstić information content (AvgIpc) is 2.19. The number of methoxy groups -OCH3 is 1. The molecular formula is C10H13KO6S. The van der Waals surface area contributed by atoms with Crippen LogP contribution in [0.25, 0.3) is 0 Å². The van der Waals surface area contributed by atoms with Crippen molar-refractivity contribution in [2.24, 2.45) is 0 Å². The minimum absolute atomic E-state index is 0. The van der Waals surface area contributed by atoms with E-state index in [1.807, 2.05) is 0 Å². The predicted octanol–water partition coefficient (Wildman–Crippen LogP) is -3.09. The molecule has 1 unspecified atom stereocenters. The maximum atomic E-state index is 11.2. The van der Waals surface area contributed by atoms with E-state index in [9.17, 15) is 18.6 Å². The number of hydrogen-bond donors (Lipinski definition) is 2. The first-order chi connectivity index (χ1) is 7.67. The van der Waals surface area contributed by atoms with E-state index < -0.39 is 15.1 Å². The molecule has 0 heterocycles. The van der Waals surface area contributed by atoms with Crippen molar-refractivity contribution in [3.05, 3.63) is 23.8 Å². The van der Waals surface area contributed by atoms with Crippen molar-refractivity contribution in [3.63, 3.8) is 0 Å². The molecule has 1 atom stereocenters. The Morgan fingerprint density at radius 3 is 2.44 bits per heavy atom. The summed E-state index contributed by atoms with van der Waals surface area (Å²) in [6.07, 6.45) is -0.345. The quantitative estimate of drug-likeness (QED) is 0.451. The zero-order chi connectivity index (χ0) is 13.3. The van der Waals surface area contributed by atoms with Crippen LogP contribution in [0.2, 0.25) is 0 Å². The monoisotopic (exact) mass is 300 g/mol. The maximum Gasteiger partial charge on any atom is 1.00 e. The van der Waals surface area contributed by atoms with Gasteiger partial charge in [-0.15, -0.1) is 0 Å². The first-order valence-electron chi connectivity index (χ1n) is 4.71. The largest absolute Gasteiger partial charge is 1.00 e. The van der Waals surface area contributed by atoms with Gasteiger partial charge in [-0.2, -0.15) is 8.42 Å². The van der Waals surface area contributed by atoms with Gasteiger partial charge in [0.1, 0.15) is 5.75 Å². The summed E-state index contributed by atoms with van der Waals surface area (Å²) in [5.41, 5.74) is 0.365. The fraction of sp³-hybridized carbons (Fsp3) is 0.400. The number of benzene rings is 1. The Hall–Kier alpha value is 0.326. The molecule has 0 fully saturated rings. The second-order valence-electron chi connectivity index (χ2n) is 3.81. The van der Waals surface area contributed by atoms with Gasteiger partial charge in [-0.25, -0.2) is 0 Å². The molecule has 0 aromatic heterocycles. The Kier molecular flexibility index (Phi) is 6.78. The Morgan fingerprint density at radius 2 is 2.00 bits per heavy atom. The molecular weight excluding hydrogens is 287 g/mol. The van der Waals surface area contributed by atoms with Crippen molar-refractivity contribution in [1.29, 1.82) is 0 Å². The Balaban J connectivity index is 0.00000289. The molecule has 1 aromatic carbocycles. The molecule has 8 heteroatoms. The second kappa shape index (κ2) is 6.66. The average molecular weight is 300 g/mol. The third kappa shape index (κ3) is 4.46. The van der Waals surface area contributed by atoms with E-state index in [1.165, 1.54) is 25.3 Å². The molecule has 18 heavy (non-hydrogen) atoms. The molecule has 0 aliphatic heterocycles. The van der Waals surface area contributed by atoms with E-state index in [0.29, 0.717) is 5.56 Å². The summed E-state index contributed by atoms with van der Waals surface area (Å²) in [5, 5.41) is 20.8. The van der Waals surface area contributed by atoms with Crippen LogP contribution in [0, 0.1) is 0 Å². The Bertz CT molecular complexity index is 511.